The molecule has 2 nitrogen and oxygen atoms in total. The van der Waals surface area contributed by atoms with Crippen molar-refractivity contribution in [1.29, 1.82) is 0 Å². The van der Waals surface area contributed by atoms with Gasteiger partial charge in [0.25, 0.3) is 0 Å². The van der Waals surface area contributed by atoms with Crippen LogP contribution in [0.2, 0.25) is 0 Å². The quantitative estimate of drug-likeness (QED) is 0.501. The molecule has 2 aliphatic rings. The Morgan fingerprint density at radius 3 is 1.12 bits per heavy atom. The topological polar surface area (TPSA) is 6.48 Å². The van der Waals surface area contributed by atoms with Crippen molar-refractivity contribution in [3.8, 4) is 0 Å². The van der Waals surface area contributed by atoms with Crippen molar-refractivity contribution in [2.45, 2.75) is 129 Å². The summed E-state index contributed by atoms with van der Waals surface area (Å²) in [5.74, 6) is 0. The minimum Gasteiger partial charge on any atom is -0.269 e. The molecule has 2 aliphatic carbocycles. The van der Waals surface area contributed by atoms with E-state index in [9.17, 15) is 0 Å². The van der Waals surface area contributed by atoms with Gasteiger partial charge in [0.1, 0.15) is 0 Å². The molecule has 2 fully saturated rings. The molecule has 0 aromatic heterocycles. The van der Waals surface area contributed by atoms with Crippen molar-refractivity contribution in [2.75, 3.05) is 0 Å². The average molecular weight is 473 g/mol. The molecule has 0 aromatic rings. The Labute approximate surface area is 172 Å². The number of hydrogen-bond donors (Lipinski definition) is 0. The second kappa shape index (κ2) is 9.94. The van der Waals surface area contributed by atoms with Crippen molar-refractivity contribution >= 4 is 0 Å². The van der Waals surface area contributed by atoms with Gasteiger partial charge in [-0.05, 0) is 0 Å². The van der Waals surface area contributed by atoms with E-state index >= 15 is 0 Å². The Hall–Kier alpha value is 1.20. The van der Waals surface area contributed by atoms with Gasteiger partial charge in [-0.25, -0.2) is 0 Å². The van der Waals surface area contributed by atoms with Crippen LogP contribution in [-0.4, -0.2) is 25.1 Å². The number of hydrogen-bond acceptors (Lipinski definition) is 2. The van der Waals surface area contributed by atoms with Gasteiger partial charge in [0.2, 0.25) is 0 Å². The van der Waals surface area contributed by atoms with Crippen LogP contribution in [0.5, 0.6) is 0 Å². The fourth-order valence-corrected chi connectivity index (χ4v) is 9.73. The third-order valence-corrected chi connectivity index (χ3v) is 13.6. The largest absolute Gasteiger partial charge is 0.269 e. The third-order valence-electron chi connectivity index (χ3n) is 5.54. The van der Waals surface area contributed by atoms with Crippen LogP contribution in [0.3, 0.4) is 0 Å². The molecular formula is C20H41FN2Nd. The van der Waals surface area contributed by atoms with Gasteiger partial charge in [0.15, 0.2) is 0 Å². The summed E-state index contributed by atoms with van der Waals surface area (Å²) in [7, 11) is 0. The predicted octanol–water partition coefficient (Wildman–Crippen LogP) is 5.92. The summed E-state index contributed by atoms with van der Waals surface area (Å²) in [5.41, 5.74) is 0.701. The Bertz CT molecular complexity index is 316. The first-order chi connectivity index (χ1) is 10.7. The summed E-state index contributed by atoms with van der Waals surface area (Å²) < 4.78 is 6.07. The van der Waals surface area contributed by atoms with Crippen molar-refractivity contribution in [1.82, 2.24) is 1.97 Å². The van der Waals surface area contributed by atoms with E-state index in [-0.39, 0.29) is 4.70 Å². The molecule has 0 atom stereocenters. The van der Waals surface area contributed by atoms with Crippen molar-refractivity contribution in [2.24, 2.45) is 0 Å². The van der Waals surface area contributed by atoms with E-state index in [1.807, 2.05) is 0 Å². The number of halogens is 1. The van der Waals surface area contributed by atoms with E-state index < -0.39 is 37.5 Å². The van der Waals surface area contributed by atoms with Gasteiger partial charge >= 0.3 is 168 Å². The van der Waals surface area contributed by atoms with Gasteiger partial charge in [-0.2, -0.15) is 0 Å². The third kappa shape index (κ3) is 6.74. The molecule has 0 N–H and O–H groups in total. The molecular weight excluding hydrogens is 431 g/mol. The summed E-state index contributed by atoms with van der Waals surface area (Å²) in [6.07, 6.45) is 14.6. The van der Waals surface area contributed by atoms with Crippen LogP contribution in [0.15, 0.2) is 0 Å². The fourth-order valence-electron chi connectivity index (χ4n) is 4.35. The Morgan fingerprint density at radius 2 is 0.875 bits per heavy atom. The molecule has 2 saturated carbocycles. The summed E-state index contributed by atoms with van der Waals surface area (Å²) in [5, 5.41) is 0. The maximum Gasteiger partial charge on any atom is -0.269 e. The van der Waals surface area contributed by atoms with Gasteiger partial charge in [0, 0.05) is 0 Å². The molecule has 0 bridgehead atoms. The fraction of sp³-hybridized carbons (Fsp3) is 1.00. The molecule has 0 aromatic carbocycles. The summed E-state index contributed by atoms with van der Waals surface area (Å²) >= 11 is -1.01. The Balaban J connectivity index is 0.00000288. The molecule has 0 aliphatic heterocycles. The SMILES string of the molecule is CC(C)(C)[N]([Nd][N](C1CCCCC1)C(C)(C)C)C1CCCCC1.F. The summed E-state index contributed by atoms with van der Waals surface area (Å²) in [4.78, 5) is 0. The van der Waals surface area contributed by atoms with E-state index in [4.69, 9.17) is 0 Å². The Kier molecular flexibility index (Phi) is 9.63. The standard InChI is InChI=1S/2C10H20N.FH.Nd/c2*1-10(2,3)11-9-7-5-4-6-8-9;;/h2*9H,4-8H2,1-3H3;1H;/q2*-1;;+2. The molecule has 2 rings (SSSR count). The molecule has 0 saturated heterocycles. The minimum absolute atomic E-state index is 0. The molecule has 0 unspecified atom stereocenters. The van der Waals surface area contributed by atoms with E-state index in [1.165, 1.54) is 64.2 Å². The van der Waals surface area contributed by atoms with Crippen LogP contribution in [0.1, 0.15) is 106 Å². The zero-order valence-electron chi connectivity index (χ0n) is 17.0. The zero-order chi connectivity index (χ0) is 17.1. The minimum atomic E-state index is -1.01. The second-order valence-electron chi connectivity index (χ2n) is 9.77. The second-order valence-corrected chi connectivity index (χ2v) is 13.5. The molecule has 0 radical (unpaired) electrons. The molecule has 142 valence electrons. The molecule has 24 heavy (non-hydrogen) atoms. The van der Waals surface area contributed by atoms with Crippen LogP contribution >= 0.6 is 0 Å². The monoisotopic (exact) mass is 470 g/mol. The van der Waals surface area contributed by atoms with E-state index in [2.05, 4.69) is 43.5 Å². The van der Waals surface area contributed by atoms with E-state index in [0.29, 0.717) is 11.1 Å². The first-order valence-electron chi connectivity index (χ1n) is 10.0. The maximum absolute atomic E-state index is 3.03. The van der Waals surface area contributed by atoms with Gasteiger partial charge in [-0.1, -0.05) is 0 Å². The predicted molar refractivity (Wildman–Crippen MR) is 99.4 cm³/mol. The maximum atomic E-state index is 3.03. The van der Waals surface area contributed by atoms with Crippen molar-refractivity contribution in [3.05, 3.63) is 0 Å². The molecule has 0 spiro atoms. The van der Waals surface area contributed by atoms with Crippen LogP contribution in [0, 0.1) is 37.5 Å². The molecule has 4 heteroatoms. The van der Waals surface area contributed by atoms with Crippen LogP contribution in [0.4, 0.5) is 4.70 Å². The van der Waals surface area contributed by atoms with E-state index in [1.54, 1.807) is 0 Å². The number of rotatable bonds is 4. The molecule has 0 heterocycles. The first kappa shape index (κ1) is 23.2. The normalized spacial score (nSPS) is 21.8. The average Bonchev–Trinajstić information content (AvgIpc) is 2.47. The summed E-state index contributed by atoms with van der Waals surface area (Å²) in [6, 6.07) is 1.75. The van der Waals surface area contributed by atoms with Gasteiger partial charge < -0.3 is 0 Å². The van der Waals surface area contributed by atoms with Crippen LogP contribution < -0.4 is 0 Å². The summed E-state index contributed by atoms with van der Waals surface area (Å²) in [6.45, 7) is 14.8. The zero-order valence-corrected chi connectivity index (χ0v) is 20.2. The van der Waals surface area contributed by atoms with Gasteiger partial charge in [-0.3, -0.25) is 4.70 Å². The van der Waals surface area contributed by atoms with E-state index in [0.717, 1.165) is 12.1 Å². The van der Waals surface area contributed by atoms with Crippen LogP contribution in [0.25, 0.3) is 0 Å². The van der Waals surface area contributed by atoms with Crippen molar-refractivity contribution in [3.63, 3.8) is 0 Å². The van der Waals surface area contributed by atoms with Crippen LogP contribution in [-0.2, 0) is 0 Å². The van der Waals surface area contributed by atoms with Gasteiger partial charge in [-0.15, -0.1) is 0 Å². The molecule has 0 amide bonds. The van der Waals surface area contributed by atoms with Gasteiger partial charge in [0.05, 0.1) is 0 Å². The first-order valence-corrected chi connectivity index (χ1v) is 12.9. The number of nitrogens with zero attached hydrogens (tertiary/aromatic N) is 2. The Morgan fingerprint density at radius 1 is 0.583 bits per heavy atom. The smallest absolute Gasteiger partial charge is 0.269 e. The van der Waals surface area contributed by atoms with Crippen molar-refractivity contribution < 1.29 is 42.2 Å².